The van der Waals surface area contributed by atoms with Crippen LogP contribution in [0.2, 0.25) is 5.02 Å². The molecule has 0 unspecified atom stereocenters. The maximum atomic E-state index is 12.8. The Bertz CT molecular complexity index is 1000. The number of likely N-dealkylation sites (N-methyl/N-ethyl adjacent to an activating group) is 1. The summed E-state index contributed by atoms with van der Waals surface area (Å²) in [6.07, 6.45) is 0. The van der Waals surface area contributed by atoms with Crippen LogP contribution < -0.4 is 4.74 Å². The Hall–Kier alpha value is -2.57. The van der Waals surface area contributed by atoms with E-state index < -0.39 is 5.60 Å². The summed E-state index contributed by atoms with van der Waals surface area (Å²) in [5.74, 6) is 0.296. The van der Waals surface area contributed by atoms with Crippen LogP contribution in [0.3, 0.4) is 0 Å². The molecule has 1 aromatic heterocycles. The molecule has 1 amide bonds. The van der Waals surface area contributed by atoms with Gasteiger partial charge in [-0.1, -0.05) is 35.9 Å². The monoisotopic (exact) mass is 415 g/mol. The maximum absolute atomic E-state index is 12.8. The third-order valence-electron chi connectivity index (χ3n) is 4.69. The topological polar surface area (TPSA) is 56.6 Å². The quantitative estimate of drug-likeness (QED) is 0.558. The van der Waals surface area contributed by atoms with E-state index in [1.807, 2.05) is 53.2 Å². The lowest BCUT2D eigenvalue weighted by molar-refractivity contribution is -0.144. The van der Waals surface area contributed by atoms with Gasteiger partial charge in [0.1, 0.15) is 0 Å². The van der Waals surface area contributed by atoms with Crippen molar-refractivity contribution in [2.45, 2.75) is 26.0 Å². The lowest BCUT2D eigenvalue weighted by Gasteiger charge is -2.29. The Balaban J connectivity index is 1.89. The molecule has 0 aliphatic rings. The smallest absolute Gasteiger partial charge is 0.266 e. The normalized spacial score (nSPS) is 11.6. The highest BCUT2D eigenvalue weighted by molar-refractivity contribution is 6.30. The van der Waals surface area contributed by atoms with E-state index in [0.717, 1.165) is 16.5 Å². The summed E-state index contributed by atoms with van der Waals surface area (Å²) in [4.78, 5) is 14.4. The standard InChI is InChI=1S/C22H26ClN3O3/c1-22(2,21(27)25(3)12-13-28-4)29-20-18-10-5-6-11-19(18)26(24-20)15-16-8-7-9-17(23)14-16/h5-11,14H,12-13,15H2,1-4H3. The predicted octanol–water partition coefficient (Wildman–Crippen LogP) is 4.00. The van der Waals surface area contributed by atoms with Crippen LogP contribution in [0.4, 0.5) is 0 Å². The first kappa shape index (κ1) is 21.1. The second-order valence-corrected chi connectivity index (χ2v) is 7.88. The molecule has 2 aromatic carbocycles. The molecule has 0 fully saturated rings. The van der Waals surface area contributed by atoms with Crippen LogP contribution in [-0.4, -0.2) is 53.5 Å². The Morgan fingerprint density at radius 3 is 2.69 bits per heavy atom. The molecule has 0 aliphatic heterocycles. The first-order chi connectivity index (χ1) is 13.8. The summed E-state index contributed by atoms with van der Waals surface area (Å²) >= 11 is 6.12. The maximum Gasteiger partial charge on any atom is 0.266 e. The number of ether oxygens (including phenoxy) is 2. The van der Waals surface area contributed by atoms with Crippen molar-refractivity contribution in [3.05, 3.63) is 59.1 Å². The zero-order chi connectivity index (χ0) is 21.0. The van der Waals surface area contributed by atoms with E-state index in [1.54, 1.807) is 32.9 Å². The molecular weight excluding hydrogens is 390 g/mol. The van der Waals surface area contributed by atoms with Gasteiger partial charge in [0, 0.05) is 25.7 Å². The summed E-state index contributed by atoms with van der Waals surface area (Å²) in [6.45, 7) is 5.01. The zero-order valence-corrected chi connectivity index (χ0v) is 17.9. The molecule has 0 aliphatic carbocycles. The summed E-state index contributed by atoms with van der Waals surface area (Å²) in [5, 5.41) is 6.20. The van der Waals surface area contributed by atoms with E-state index in [9.17, 15) is 4.79 Å². The van der Waals surface area contributed by atoms with Crippen molar-refractivity contribution in [1.82, 2.24) is 14.7 Å². The molecule has 1 heterocycles. The highest BCUT2D eigenvalue weighted by Gasteiger charge is 2.34. The number of hydrogen-bond acceptors (Lipinski definition) is 4. The number of carbonyl (C=O) groups excluding carboxylic acids is 1. The zero-order valence-electron chi connectivity index (χ0n) is 17.2. The lowest BCUT2D eigenvalue weighted by atomic mass is 10.1. The van der Waals surface area contributed by atoms with Crippen molar-refractivity contribution in [3.8, 4) is 5.88 Å². The van der Waals surface area contributed by atoms with Crippen LogP contribution in [0.15, 0.2) is 48.5 Å². The minimum Gasteiger partial charge on any atom is -0.460 e. The average molecular weight is 416 g/mol. The lowest BCUT2D eigenvalue weighted by Crippen LogP contribution is -2.48. The van der Waals surface area contributed by atoms with E-state index >= 15 is 0 Å². The van der Waals surface area contributed by atoms with Gasteiger partial charge < -0.3 is 14.4 Å². The molecule has 3 aromatic rings. The van der Waals surface area contributed by atoms with Crippen LogP contribution in [0.25, 0.3) is 10.9 Å². The van der Waals surface area contributed by atoms with Crippen molar-refractivity contribution in [1.29, 1.82) is 0 Å². The fourth-order valence-electron chi connectivity index (χ4n) is 3.18. The first-order valence-electron chi connectivity index (χ1n) is 9.45. The molecule has 0 bridgehead atoms. The summed E-state index contributed by atoms with van der Waals surface area (Å²) in [7, 11) is 3.35. The third-order valence-corrected chi connectivity index (χ3v) is 4.92. The molecule has 7 heteroatoms. The number of para-hydroxylation sites is 1. The van der Waals surface area contributed by atoms with Gasteiger partial charge in [-0.15, -0.1) is 5.10 Å². The largest absolute Gasteiger partial charge is 0.460 e. The fraction of sp³-hybridized carbons (Fsp3) is 0.364. The van der Waals surface area contributed by atoms with Gasteiger partial charge in [0.15, 0.2) is 5.60 Å². The highest BCUT2D eigenvalue weighted by atomic mass is 35.5. The van der Waals surface area contributed by atoms with Crippen LogP contribution in [0, 0.1) is 0 Å². The summed E-state index contributed by atoms with van der Waals surface area (Å²) in [5.41, 5.74) is 0.894. The molecule has 3 rings (SSSR count). The Morgan fingerprint density at radius 1 is 1.21 bits per heavy atom. The van der Waals surface area contributed by atoms with Crippen molar-refractivity contribution in [2.75, 3.05) is 27.3 Å². The summed E-state index contributed by atoms with van der Waals surface area (Å²) < 4.78 is 13.1. The van der Waals surface area contributed by atoms with Gasteiger partial charge in [0.25, 0.3) is 5.91 Å². The van der Waals surface area contributed by atoms with Gasteiger partial charge in [-0.2, -0.15) is 0 Å². The SMILES string of the molecule is COCCN(C)C(=O)C(C)(C)Oc1nn(Cc2cccc(Cl)c2)c2ccccc12. The second kappa shape index (κ2) is 8.84. The molecule has 0 saturated heterocycles. The molecular formula is C22H26ClN3O3. The van der Waals surface area contributed by atoms with E-state index in [0.29, 0.717) is 30.6 Å². The number of benzene rings is 2. The van der Waals surface area contributed by atoms with E-state index in [2.05, 4.69) is 5.10 Å². The number of carbonyl (C=O) groups is 1. The van der Waals surface area contributed by atoms with Crippen molar-refractivity contribution in [3.63, 3.8) is 0 Å². The van der Waals surface area contributed by atoms with Crippen LogP contribution >= 0.6 is 11.6 Å². The van der Waals surface area contributed by atoms with Crippen LogP contribution in [-0.2, 0) is 16.1 Å². The molecule has 0 N–H and O–H groups in total. The molecule has 0 radical (unpaired) electrons. The molecule has 0 atom stereocenters. The average Bonchev–Trinajstić information content (AvgIpc) is 3.02. The van der Waals surface area contributed by atoms with Crippen molar-refractivity contribution < 1.29 is 14.3 Å². The number of hydrogen-bond donors (Lipinski definition) is 0. The number of aromatic nitrogens is 2. The molecule has 6 nitrogen and oxygen atoms in total. The number of nitrogens with zero attached hydrogens (tertiary/aromatic N) is 3. The molecule has 154 valence electrons. The van der Waals surface area contributed by atoms with Gasteiger partial charge in [0.2, 0.25) is 5.88 Å². The van der Waals surface area contributed by atoms with Gasteiger partial charge in [-0.25, -0.2) is 0 Å². The van der Waals surface area contributed by atoms with E-state index in [4.69, 9.17) is 21.1 Å². The fourth-order valence-corrected chi connectivity index (χ4v) is 3.39. The number of rotatable bonds is 8. The molecule has 29 heavy (non-hydrogen) atoms. The minimum absolute atomic E-state index is 0.136. The summed E-state index contributed by atoms with van der Waals surface area (Å²) in [6, 6.07) is 15.5. The predicted molar refractivity (Wildman–Crippen MR) is 115 cm³/mol. The van der Waals surface area contributed by atoms with Crippen LogP contribution in [0.5, 0.6) is 5.88 Å². The second-order valence-electron chi connectivity index (χ2n) is 7.44. The van der Waals surface area contributed by atoms with Crippen molar-refractivity contribution >= 4 is 28.4 Å². The number of fused-ring (bicyclic) bond motifs is 1. The van der Waals surface area contributed by atoms with E-state index in [1.165, 1.54) is 0 Å². The van der Waals surface area contributed by atoms with Gasteiger partial charge in [-0.3, -0.25) is 9.48 Å². The number of amides is 1. The third kappa shape index (κ3) is 4.89. The van der Waals surface area contributed by atoms with Gasteiger partial charge in [-0.05, 0) is 43.7 Å². The van der Waals surface area contributed by atoms with Crippen LogP contribution in [0.1, 0.15) is 19.4 Å². The molecule has 0 spiro atoms. The van der Waals surface area contributed by atoms with E-state index in [-0.39, 0.29) is 5.91 Å². The molecule has 0 saturated carbocycles. The minimum atomic E-state index is -1.07. The van der Waals surface area contributed by atoms with Gasteiger partial charge >= 0.3 is 0 Å². The highest BCUT2D eigenvalue weighted by Crippen LogP contribution is 2.29. The Kier molecular flexibility index (Phi) is 6.45. The van der Waals surface area contributed by atoms with Crippen molar-refractivity contribution in [2.24, 2.45) is 0 Å². The number of halogens is 1. The first-order valence-corrected chi connectivity index (χ1v) is 9.83. The Morgan fingerprint density at radius 2 is 1.97 bits per heavy atom. The van der Waals surface area contributed by atoms with Gasteiger partial charge in [0.05, 0.1) is 24.1 Å². The Labute approximate surface area is 176 Å². The number of methoxy groups -OCH3 is 1.